The Hall–Kier alpha value is -2.03. The van der Waals surface area contributed by atoms with Crippen molar-refractivity contribution >= 4 is 10.9 Å². The van der Waals surface area contributed by atoms with E-state index in [1.807, 2.05) is 6.33 Å². The summed E-state index contributed by atoms with van der Waals surface area (Å²) in [5.74, 6) is 0. The molecule has 3 aromatic rings. The zero-order valence-corrected chi connectivity index (χ0v) is 10.8. The lowest BCUT2D eigenvalue weighted by Crippen LogP contribution is -2.26. The molecule has 0 saturated heterocycles. The van der Waals surface area contributed by atoms with E-state index in [-0.39, 0.29) is 0 Å². The second-order valence-electron chi connectivity index (χ2n) is 4.59. The first kappa shape index (κ1) is 11.1. The van der Waals surface area contributed by atoms with Crippen LogP contribution in [0.25, 0.3) is 16.6 Å². The maximum absolute atomic E-state index is 3.35. The van der Waals surface area contributed by atoms with E-state index in [1.54, 1.807) is 0 Å². The SMILES string of the molecule is CCc1c[n+](-c2ccc3c(CC)c[nH]c3c2)c[nH]1. The number of aryl methyl sites for hydroxylation is 2. The van der Waals surface area contributed by atoms with Gasteiger partial charge < -0.3 is 4.98 Å². The van der Waals surface area contributed by atoms with Crippen LogP contribution in [-0.4, -0.2) is 9.97 Å². The Morgan fingerprint density at radius 1 is 1.11 bits per heavy atom. The number of nitrogens with zero attached hydrogens (tertiary/aromatic N) is 1. The number of rotatable bonds is 3. The molecule has 3 rings (SSSR count). The van der Waals surface area contributed by atoms with Crippen LogP contribution in [0.2, 0.25) is 0 Å². The molecule has 0 amide bonds. The average molecular weight is 240 g/mol. The molecule has 0 aliphatic rings. The number of fused-ring (bicyclic) bond motifs is 1. The number of nitrogens with one attached hydrogen (secondary N) is 2. The second kappa shape index (κ2) is 4.33. The summed E-state index contributed by atoms with van der Waals surface area (Å²) in [5.41, 5.74) is 5.01. The van der Waals surface area contributed by atoms with E-state index >= 15 is 0 Å². The van der Waals surface area contributed by atoms with Crippen LogP contribution in [0.4, 0.5) is 0 Å². The Balaban J connectivity index is 2.07. The number of hydrogen-bond donors (Lipinski definition) is 2. The second-order valence-corrected chi connectivity index (χ2v) is 4.59. The van der Waals surface area contributed by atoms with Crippen molar-refractivity contribution in [3.63, 3.8) is 0 Å². The average Bonchev–Trinajstić information content (AvgIpc) is 3.04. The molecule has 0 bridgehead atoms. The van der Waals surface area contributed by atoms with Crippen molar-refractivity contribution in [1.29, 1.82) is 0 Å². The van der Waals surface area contributed by atoms with Crippen LogP contribution in [-0.2, 0) is 12.8 Å². The van der Waals surface area contributed by atoms with Crippen molar-refractivity contribution in [2.45, 2.75) is 26.7 Å². The largest absolute Gasteiger partial charge is 0.361 e. The molecule has 0 aliphatic heterocycles. The molecule has 18 heavy (non-hydrogen) atoms. The predicted molar refractivity (Wildman–Crippen MR) is 72.9 cm³/mol. The van der Waals surface area contributed by atoms with Gasteiger partial charge in [-0.1, -0.05) is 13.8 Å². The lowest BCUT2D eigenvalue weighted by molar-refractivity contribution is -0.594. The molecule has 2 heterocycles. The van der Waals surface area contributed by atoms with Gasteiger partial charge in [-0.2, -0.15) is 0 Å². The molecule has 2 N–H and O–H groups in total. The third-order valence-corrected chi connectivity index (χ3v) is 3.49. The van der Waals surface area contributed by atoms with E-state index in [0.717, 1.165) is 12.8 Å². The van der Waals surface area contributed by atoms with Crippen LogP contribution in [0.5, 0.6) is 0 Å². The molecule has 2 aromatic heterocycles. The van der Waals surface area contributed by atoms with Crippen LogP contribution in [0.1, 0.15) is 25.1 Å². The molecule has 0 atom stereocenters. The van der Waals surface area contributed by atoms with Crippen LogP contribution < -0.4 is 4.57 Å². The van der Waals surface area contributed by atoms with Crippen molar-refractivity contribution in [2.24, 2.45) is 0 Å². The van der Waals surface area contributed by atoms with Gasteiger partial charge >= 0.3 is 0 Å². The van der Waals surface area contributed by atoms with Crippen LogP contribution in [0.3, 0.4) is 0 Å². The van der Waals surface area contributed by atoms with E-state index in [4.69, 9.17) is 0 Å². The zero-order valence-electron chi connectivity index (χ0n) is 10.8. The highest BCUT2D eigenvalue weighted by Crippen LogP contribution is 2.20. The molecule has 0 aliphatic carbocycles. The van der Waals surface area contributed by atoms with E-state index < -0.39 is 0 Å². The van der Waals surface area contributed by atoms with Gasteiger partial charge in [0.2, 0.25) is 6.33 Å². The summed E-state index contributed by atoms with van der Waals surface area (Å²) < 4.78 is 2.13. The van der Waals surface area contributed by atoms with Gasteiger partial charge in [-0.05, 0) is 24.1 Å². The van der Waals surface area contributed by atoms with Gasteiger partial charge in [0.1, 0.15) is 17.6 Å². The summed E-state index contributed by atoms with van der Waals surface area (Å²) in [5, 5.41) is 1.33. The Morgan fingerprint density at radius 3 is 2.72 bits per heavy atom. The number of aromatic nitrogens is 3. The summed E-state index contributed by atoms with van der Waals surface area (Å²) in [4.78, 5) is 6.62. The van der Waals surface area contributed by atoms with Gasteiger partial charge in [0.05, 0.1) is 0 Å². The first-order chi connectivity index (χ1) is 8.81. The molecule has 0 spiro atoms. The van der Waals surface area contributed by atoms with E-state index in [1.165, 1.54) is 27.8 Å². The summed E-state index contributed by atoms with van der Waals surface area (Å²) in [6.45, 7) is 4.34. The lowest BCUT2D eigenvalue weighted by Gasteiger charge is -1.97. The van der Waals surface area contributed by atoms with Crippen molar-refractivity contribution in [3.8, 4) is 5.69 Å². The number of H-pyrrole nitrogens is 2. The Bertz CT molecular complexity index is 676. The summed E-state index contributed by atoms with van der Waals surface area (Å²) in [6, 6.07) is 6.57. The first-order valence-corrected chi connectivity index (χ1v) is 6.50. The lowest BCUT2D eigenvalue weighted by atomic mass is 10.1. The summed E-state index contributed by atoms with van der Waals surface area (Å²) >= 11 is 0. The quantitative estimate of drug-likeness (QED) is 0.660. The molecule has 92 valence electrons. The number of benzene rings is 1. The molecule has 0 radical (unpaired) electrons. The Kier molecular flexibility index (Phi) is 2.67. The fourth-order valence-electron chi connectivity index (χ4n) is 2.36. The van der Waals surface area contributed by atoms with Gasteiger partial charge in [-0.25, -0.2) is 9.55 Å². The Morgan fingerprint density at radius 2 is 2.00 bits per heavy atom. The van der Waals surface area contributed by atoms with Gasteiger partial charge in [0.15, 0.2) is 0 Å². The molecule has 3 heteroatoms. The third-order valence-electron chi connectivity index (χ3n) is 3.49. The molecule has 0 saturated carbocycles. The van der Waals surface area contributed by atoms with E-state index in [0.29, 0.717) is 0 Å². The van der Waals surface area contributed by atoms with Gasteiger partial charge in [0, 0.05) is 29.6 Å². The Labute approximate surface area is 106 Å². The number of hydrogen-bond acceptors (Lipinski definition) is 0. The highest BCUT2D eigenvalue weighted by atomic mass is 15.0. The number of aromatic amines is 2. The topological polar surface area (TPSA) is 35.5 Å². The molecule has 1 aromatic carbocycles. The summed E-state index contributed by atoms with van der Waals surface area (Å²) in [7, 11) is 0. The molecule has 3 nitrogen and oxygen atoms in total. The van der Waals surface area contributed by atoms with Gasteiger partial charge in [-0.3, -0.25) is 0 Å². The molecule has 0 unspecified atom stereocenters. The van der Waals surface area contributed by atoms with Crippen molar-refractivity contribution in [1.82, 2.24) is 9.97 Å². The molecule has 0 fully saturated rings. The first-order valence-electron chi connectivity index (χ1n) is 6.50. The van der Waals surface area contributed by atoms with E-state index in [9.17, 15) is 0 Å². The maximum Gasteiger partial charge on any atom is 0.246 e. The van der Waals surface area contributed by atoms with Crippen molar-refractivity contribution in [3.05, 3.63) is 48.2 Å². The monoisotopic (exact) mass is 240 g/mol. The maximum atomic E-state index is 3.35. The normalized spacial score (nSPS) is 11.2. The third kappa shape index (κ3) is 1.72. The van der Waals surface area contributed by atoms with Crippen LogP contribution >= 0.6 is 0 Å². The minimum atomic E-state index is 1.03. The molecular weight excluding hydrogens is 222 g/mol. The highest BCUT2D eigenvalue weighted by Gasteiger charge is 2.09. The summed E-state index contributed by atoms with van der Waals surface area (Å²) in [6.07, 6.45) is 8.34. The van der Waals surface area contributed by atoms with Crippen molar-refractivity contribution < 1.29 is 4.57 Å². The van der Waals surface area contributed by atoms with E-state index in [2.05, 4.69) is 59.0 Å². The minimum absolute atomic E-state index is 1.03. The minimum Gasteiger partial charge on any atom is -0.361 e. The standard InChI is InChI=1S/C15H17N3/c1-3-11-8-16-15-7-13(5-6-14(11)15)18-9-12(4-2)17-10-18/h5-10,16H,3-4H2,1-2H3/p+1. The highest BCUT2D eigenvalue weighted by molar-refractivity contribution is 5.84. The smallest absolute Gasteiger partial charge is 0.246 e. The zero-order chi connectivity index (χ0) is 12.5. The fraction of sp³-hybridized carbons (Fsp3) is 0.267. The van der Waals surface area contributed by atoms with Gasteiger partial charge in [-0.15, -0.1) is 0 Å². The van der Waals surface area contributed by atoms with Crippen molar-refractivity contribution in [2.75, 3.05) is 0 Å². The fourth-order valence-corrected chi connectivity index (χ4v) is 2.36. The predicted octanol–water partition coefficient (Wildman–Crippen LogP) is 2.90. The van der Waals surface area contributed by atoms with Crippen LogP contribution in [0, 0.1) is 0 Å². The van der Waals surface area contributed by atoms with Crippen LogP contribution in [0.15, 0.2) is 36.9 Å². The molecular formula is C15H18N3+. The van der Waals surface area contributed by atoms with Gasteiger partial charge in [0.25, 0.3) is 0 Å². The number of imidazole rings is 1.